The van der Waals surface area contributed by atoms with Crippen molar-refractivity contribution in [3.05, 3.63) is 28.5 Å². The molecule has 0 spiro atoms. The third-order valence-electron chi connectivity index (χ3n) is 3.93. The second-order valence-electron chi connectivity index (χ2n) is 6.75. The first kappa shape index (κ1) is 20.9. The van der Waals surface area contributed by atoms with Crippen molar-refractivity contribution < 1.29 is 14.6 Å². The van der Waals surface area contributed by atoms with E-state index < -0.39 is 5.60 Å². The molecule has 0 saturated carbocycles. The fraction of sp³-hybridized carbons (Fsp3) is 0.667. The predicted molar refractivity (Wildman–Crippen MR) is 99.1 cm³/mol. The van der Waals surface area contributed by atoms with Crippen LogP contribution in [0.5, 0.6) is 0 Å². The molecule has 2 rings (SSSR count). The third kappa shape index (κ3) is 5.45. The van der Waals surface area contributed by atoms with Gasteiger partial charge in [0.15, 0.2) is 0 Å². The van der Waals surface area contributed by atoms with E-state index >= 15 is 0 Å². The molecule has 2 heterocycles. The second-order valence-corrected chi connectivity index (χ2v) is 7.56. The van der Waals surface area contributed by atoms with Crippen molar-refractivity contribution in [3.8, 4) is 0 Å². The summed E-state index contributed by atoms with van der Waals surface area (Å²) in [5.74, 6) is 0. The van der Waals surface area contributed by atoms with Crippen LogP contribution >= 0.6 is 15.9 Å². The molecule has 1 aliphatic heterocycles. The predicted octanol–water partition coefficient (Wildman–Crippen LogP) is 4.13. The van der Waals surface area contributed by atoms with Gasteiger partial charge >= 0.3 is 6.09 Å². The molecule has 24 heavy (non-hydrogen) atoms. The number of ether oxygens (including phenoxy) is 1. The molecule has 0 atom stereocenters. The summed E-state index contributed by atoms with van der Waals surface area (Å²) in [6.45, 7) is 10.7. The molecule has 0 aliphatic carbocycles. The van der Waals surface area contributed by atoms with E-state index in [0.29, 0.717) is 25.9 Å². The maximum atomic E-state index is 12.1. The quantitative estimate of drug-likeness (QED) is 0.757. The molecular formula is C18H29BrN2O3. The van der Waals surface area contributed by atoms with Crippen LogP contribution in [0.4, 0.5) is 4.79 Å². The summed E-state index contributed by atoms with van der Waals surface area (Å²) in [5, 5.41) is 9.91. The van der Waals surface area contributed by atoms with Crippen molar-refractivity contribution >= 4 is 22.0 Å². The minimum Gasteiger partial charge on any atom is -0.444 e. The average molecular weight is 401 g/mol. The van der Waals surface area contributed by atoms with Gasteiger partial charge in [0.1, 0.15) is 10.2 Å². The van der Waals surface area contributed by atoms with Gasteiger partial charge in [-0.2, -0.15) is 0 Å². The number of pyridine rings is 1. The highest BCUT2D eigenvalue weighted by atomic mass is 79.9. The van der Waals surface area contributed by atoms with E-state index in [-0.39, 0.29) is 18.1 Å². The van der Waals surface area contributed by atoms with Crippen molar-refractivity contribution in [2.24, 2.45) is 0 Å². The number of hydrogen-bond acceptors (Lipinski definition) is 4. The Balaban J connectivity index is 0.00000139. The summed E-state index contributed by atoms with van der Waals surface area (Å²) in [5.41, 5.74) is -0.00952. The Hall–Kier alpha value is -1.14. The van der Waals surface area contributed by atoms with Crippen LogP contribution < -0.4 is 0 Å². The fourth-order valence-electron chi connectivity index (χ4n) is 2.64. The van der Waals surface area contributed by atoms with Crippen LogP contribution in [0.3, 0.4) is 0 Å². The number of piperidine rings is 1. The monoisotopic (exact) mass is 400 g/mol. The van der Waals surface area contributed by atoms with Crippen molar-refractivity contribution in [2.45, 2.75) is 58.5 Å². The zero-order valence-corrected chi connectivity index (χ0v) is 16.9. The fourth-order valence-corrected chi connectivity index (χ4v) is 2.99. The minimum absolute atomic E-state index is 0.0264. The lowest BCUT2D eigenvalue weighted by molar-refractivity contribution is 0.0119. The number of hydrogen-bond donors (Lipinski definition) is 1. The number of aliphatic hydroxyl groups is 1. The highest BCUT2D eigenvalue weighted by molar-refractivity contribution is 9.10. The van der Waals surface area contributed by atoms with Crippen molar-refractivity contribution in [1.29, 1.82) is 0 Å². The number of likely N-dealkylation sites (tertiary alicyclic amines) is 1. The molecule has 1 aliphatic rings. The minimum atomic E-state index is -0.492. The van der Waals surface area contributed by atoms with Crippen molar-refractivity contribution in [2.75, 3.05) is 19.7 Å². The number of amides is 1. The molecule has 1 N–H and O–H groups in total. The number of nitrogens with zero attached hydrogens (tertiary/aromatic N) is 2. The first-order valence-electron chi connectivity index (χ1n) is 8.48. The van der Waals surface area contributed by atoms with Gasteiger partial charge in [0.25, 0.3) is 0 Å². The topological polar surface area (TPSA) is 62.7 Å². The average Bonchev–Trinajstić information content (AvgIpc) is 2.55. The molecule has 1 aromatic rings. The lowest BCUT2D eigenvalue weighted by Gasteiger charge is -2.40. The summed E-state index contributed by atoms with van der Waals surface area (Å²) >= 11 is 3.37. The molecule has 1 fully saturated rings. The highest BCUT2D eigenvalue weighted by Gasteiger charge is 2.39. The van der Waals surface area contributed by atoms with Gasteiger partial charge < -0.3 is 14.7 Å². The molecule has 1 aromatic heterocycles. The van der Waals surface area contributed by atoms with Crippen molar-refractivity contribution in [3.63, 3.8) is 0 Å². The standard InChI is InChI=1S/C16H23BrN2O3.C2H6/c1-15(2,3)22-14(21)19-9-7-16(11-20,8-10-19)12-5-4-6-13(17)18-12;1-2/h4-6,20H,7-11H2,1-3H3;1-2H3. The Morgan fingerprint density at radius 1 is 1.33 bits per heavy atom. The van der Waals surface area contributed by atoms with Crippen LogP contribution in [-0.2, 0) is 10.2 Å². The molecule has 0 radical (unpaired) electrons. The Labute approximate surface area is 153 Å². The Bertz CT molecular complexity index is 535. The largest absolute Gasteiger partial charge is 0.444 e. The van der Waals surface area contributed by atoms with Crippen LogP contribution in [0.15, 0.2) is 22.8 Å². The molecule has 0 bridgehead atoms. The lowest BCUT2D eigenvalue weighted by atomic mass is 9.76. The summed E-state index contributed by atoms with van der Waals surface area (Å²) in [6.07, 6.45) is 1.06. The van der Waals surface area contributed by atoms with Gasteiger partial charge in [-0.3, -0.25) is 0 Å². The number of aromatic nitrogens is 1. The normalized spacial score (nSPS) is 16.9. The lowest BCUT2D eigenvalue weighted by Crippen LogP contribution is -2.48. The van der Waals surface area contributed by atoms with E-state index in [4.69, 9.17) is 4.74 Å². The number of halogens is 1. The molecule has 136 valence electrons. The van der Waals surface area contributed by atoms with Gasteiger partial charge in [-0.15, -0.1) is 0 Å². The molecule has 5 nitrogen and oxygen atoms in total. The number of rotatable bonds is 2. The molecule has 6 heteroatoms. The van der Waals surface area contributed by atoms with E-state index in [9.17, 15) is 9.90 Å². The van der Waals surface area contributed by atoms with Gasteiger partial charge in [0, 0.05) is 18.5 Å². The highest BCUT2D eigenvalue weighted by Crippen LogP contribution is 2.35. The Kier molecular flexibility index (Phi) is 7.67. The number of carbonyl (C=O) groups excluding carboxylic acids is 1. The third-order valence-corrected chi connectivity index (χ3v) is 4.38. The van der Waals surface area contributed by atoms with E-state index in [0.717, 1.165) is 10.3 Å². The maximum Gasteiger partial charge on any atom is 0.410 e. The van der Waals surface area contributed by atoms with E-state index in [1.54, 1.807) is 4.90 Å². The van der Waals surface area contributed by atoms with E-state index in [2.05, 4.69) is 20.9 Å². The Morgan fingerprint density at radius 3 is 2.38 bits per heavy atom. The summed E-state index contributed by atoms with van der Waals surface area (Å²) in [7, 11) is 0. The first-order valence-corrected chi connectivity index (χ1v) is 9.27. The van der Waals surface area contributed by atoms with Crippen LogP contribution in [-0.4, -0.2) is 46.4 Å². The van der Waals surface area contributed by atoms with Gasteiger partial charge in [0.2, 0.25) is 0 Å². The van der Waals surface area contributed by atoms with E-state index in [1.165, 1.54) is 0 Å². The number of aliphatic hydroxyl groups excluding tert-OH is 1. The summed E-state index contributed by atoms with van der Waals surface area (Å²) in [4.78, 5) is 18.3. The van der Waals surface area contributed by atoms with Gasteiger partial charge in [-0.1, -0.05) is 19.9 Å². The zero-order chi connectivity index (χ0) is 18.4. The summed E-state index contributed by atoms with van der Waals surface area (Å²) in [6, 6.07) is 5.72. The Morgan fingerprint density at radius 2 is 1.92 bits per heavy atom. The van der Waals surface area contributed by atoms with E-state index in [1.807, 2.05) is 52.8 Å². The SMILES string of the molecule is CC.CC(C)(C)OC(=O)N1CCC(CO)(c2cccc(Br)n2)CC1. The van der Waals surface area contributed by atoms with Gasteiger partial charge in [-0.05, 0) is 61.7 Å². The maximum absolute atomic E-state index is 12.1. The van der Waals surface area contributed by atoms with Gasteiger partial charge in [0.05, 0.1) is 12.3 Å². The van der Waals surface area contributed by atoms with Crippen LogP contribution in [0, 0.1) is 0 Å². The van der Waals surface area contributed by atoms with Crippen LogP contribution in [0.1, 0.15) is 53.2 Å². The summed E-state index contributed by atoms with van der Waals surface area (Å²) < 4.78 is 6.16. The molecule has 1 amide bonds. The molecule has 0 unspecified atom stereocenters. The van der Waals surface area contributed by atoms with Crippen LogP contribution in [0.25, 0.3) is 0 Å². The first-order chi connectivity index (χ1) is 11.3. The smallest absolute Gasteiger partial charge is 0.410 e. The van der Waals surface area contributed by atoms with Crippen LogP contribution in [0.2, 0.25) is 0 Å². The molecule has 0 aromatic carbocycles. The van der Waals surface area contributed by atoms with Gasteiger partial charge in [-0.25, -0.2) is 9.78 Å². The molecular weight excluding hydrogens is 372 g/mol. The second kappa shape index (κ2) is 8.81. The molecule has 1 saturated heterocycles. The number of carbonyl (C=O) groups is 1. The zero-order valence-electron chi connectivity index (χ0n) is 15.3. The van der Waals surface area contributed by atoms with Crippen molar-refractivity contribution in [1.82, 2.24) is 9.88 Å².